The molecule has 7 nitrogen and oxygen atoms in total. The van der Waals surface area contributed by atoms with Gasteiger partial charge in [0.1, 0.15) is 28.7 Å². The lowest BCUT2D eigenvalue weighted by atomic mass is 9.96. The molecule has 0 bridgehead atoms. The first-order chi connectivity index (χ1) is 28.2. The Bertz CT molecular complexity index is 3510. The van der Waals surface area contributed by atoms with Crippen molar-refractivity contribution >= 4 is 77.1 Å². The Morgan fingerprint density at radius 2 is 1.32 bits per heavy atom. The maximum absolute atomic E-state index is 9.33. The number of pyridine rings is 1. The minimum absolute atomic E-state index is 0.466. The van der Waals surface area contributed by atoms with Crippen molar-refractivity contribution in [1.82, 2.24) is 9.55 Å². The number of nitrogens with one attached hydrogen (secondary N) is 1. The molecule has 0 aliphatic carbocycles. The predicted octanol–water partition coefficient (Wildman–Crippen LogP) is 12.5. The van der Waals surface area contributed by atoms with E-state index >= 15 is 0 Å². The summed E-state index contributed by atoms with van der Waals surface area (Å²) in [6.07, 6.45) is 1.45. The predicted molar refractivity (Wildman–Crippen MR) is 228 cm³/mol. The van der Waals surface area contributed by atoms with Gasteiger partial charge in [0.2, 0.25) is 5.88 Å². The van der Waals surface area contributed by atoms with Crippen LogP contribution in [0.4, 0.5) is 5.88 Å². The average Bonchev–Trinajstić information content (AvgIpc) is 3.94. The van der Waals surface area contributed by atoms with Gasteiger partial charge < -0.3 is 14.2 Å². The first-order valence-corrected chi connectivity index (χ1v) is 18.9. The van der Waals surface area contributed by atoms with Crippen molar-refractivity contribution in [2.45, 2.75) is 6.17 Å². The van der Waals surface area contributed by atoms with Crippen LogP contribution < -0.4 is 5.32 Å². The van der Waals surface area contributed by atoms with Crippen molar-refractivity contribution in [1.29, 1.82) is 5.26 Å². The Balaban J connectivity index is 0.997. The van der Waals surface area contributed by atoms with Crippen LogP contribution >= 0.6 is 0 Å². The quantitative estimate of drug-likeness (QED) is 0.195. The summed E-state index contributed by atoms with van der Waals surface area (Å²) in [5.74, 6) is 1.48. The van der Waals surface area contributed by atoms with E-state index in [4.69, 9.17) is 18.8 Å². The molecule has 1 aliphatic rings. The first-order valence-electron chi connectivity index (χ1n) is 18.9. The number of hydrogen-bond donors (Lipinski definition) is 1. The van der Waals surface area contributed by atoms with Gasteiger partial charge in [-0.2, -0.15) is 5.26 Å². The maximum Gasteiger partial charge on any atom is 0.205 e. The van der Waals surface area contributed by atoms with Gasteiger partial charge in [0.05, 0.1) is 33.9 Å². The molecule has 1 aliphatic heterocycles. The summed E-state index contributed by atoms with van der Waals surface area (Å²) in [6, 6.07) is 56.2. The van der Waals surface area contributed by atoms with Crippen LogP contribution in [0.25, 0.3) is 82.4 Å². The molecule has 11 aromatic rings. The molecule has 1 unspecified atom stereocenters. The van der Waals surface area contributed by atoms with Gasteiger partial charge in [-0.3, -0.25) is 9.56 Å². The summed E-state index contributed by atoms with van der Waals surface area (Å²) in [4.78, 5) is 10.5. The Kier molecular flexibility index (Phi) is 6.63. The van der Waals surface area contributed by atoms with Crippen LogP contribution in [0.3, 0.4) is 0 Å². The van der Waals surface area contributed by atoms with Gasteiger partial charge >= 0.3 is 0 Å². The molecular formula is C50H29N5O2. The summed E-state index contributed by atoms with van der Waals surface area (Å²) in [6.45, 7) is 0. The summed E-state index contributed by atoms with van der Waals surface area (Å²) in [5, 5.41) is 20.8. The molecule has 4 aromatic heterocycles. The van der Waals surface area contributed by atoms with E-state index in [9.17, 15) is 5.26 Å². The van der Waals surface area contributed by atoms with Gasteiger partial charge in [0, 0.05) is 44.3 Å². The smallest absolute Gasteiger partial charge is 0.205 e. The Morgan fingerprint density at radius 1 is 0.561 bits per heavy atom. The van der Waals surface area contributed by atoms with Crippen LogP contribution in [-0.4, -0.2) is 15.3 Å². The highest BCUT2D eigenvalue weighted by Crippen LogP contribution is 2.42. The zero-order valence-electron chi connectivity index (χ0n) is 30.3. The number of anilines is 1. The van der Waals surface area contributed by atoms with E-state index < -0.39 is 6.17 Å². The zero-order valence-corrected chi connectivity index (χ0v) is 30.3. The van der Waals surface area contributed by atoms with Gasteiger partial charge in [-0.15, -0.1) is 0 Å². The van der Waals surface area contributed by atoms with E-state index in [0.29, 0.717) is 11.4 Å². The second-order valence-electron chi connectivity index (χ2n) is 14.6. The maximum atomic E-state index is 9.33. The van der Waals surface area contributed by atoms with Crippen LogP contribution in [0.2, 0.25) is 0 Å². The molecule has 7 heteroatoms. The number of rotatable bonds is 4. The average molecular weight is 732 g/mol. The number of furan rings is 2. The van der Waals surface area contributed by atoms with Crippen molar-refractivity contribution in [3.8, 4) is 23.0 Å². The lowest BCUT2D eigenvalue weighted by Crippen LogP contribution is -2.20. The van der Waals surface area contributed by atoms with Gasteiger partial charge in [-0.1, -0.05) is 78.9 Å². The molecule has 1 atom stereocenters. The topological polar surface area (TPSA) is 92.3 Å². The highest BCUT2D eigenvalue weighted by Gasteiger charge is 2.29. The summed E-state index contributed by atoms with van der Waals surface area (Å²) in [7, 11) is 0. The minimum Gasteiger partial charge on any atom is -0.456 e. The standard InChI is InChI=1S/C50H29N5O2/c51-27-29-13-15-30(16-14-29)33-17-20-38-45(26-33)57-50-47(38)48(34-18-21-44-40(24-34)37-10-4-6-12-43(37)56-44)53-49(54-50)35-19-22-46(52-28-35)55-41-11-5-3-9-36(41)39-23-31-7-1-2-8-32(31)25-42(39)55/h1-26,28,49,54H. The third kappa shape index (κ3) is 4.84. The van der Waals surface area contributed by atoms with Crippen LogP contribution in [0, 0.1) is 11.3 Å². The molecular weight excluding hydrogens is 703 g/mol. The Hall–Kier alpha value is -7.95. The van der Waals surface area contributed by atoms with E-state index in [1.165, 1.54) is 21.5 Å². The second-order valence-corrected chi connectivity index (χ2v) is 14.6. The molecule has 7 aromatic carbocycles. The lowest BCUT2D eigenvalue weighted by molar-refractivity contribution is 0.608. The van der Waals surface area contributed by atoms with Gasteiger partial charge in [0.25, 0.3) is 0 Å². The zero-order chi connectivity index (χ0) is 37.6. The van der Waals surface area contributed by atoms with Gasteiger partial charge in [0.15, 0.2) is 0 Å². The summed E-state index contributed by atoms with van der Waals surface area (Å²) >= 11 is 0. The van der Waals surface area contributed by atoms with E-state index in [1.54, 1.807) is 0 Å². The third-order valence-corrected chi connectivity index (χ3v) is 11.3. The van der Waals surface area contributed by atoms with E-state index in [0.717, 1.165) is 83.3 Å². The molecule has 0 amide bonds. The fraction of sp³-hybridized carbons (Fsp3) is 0.0200. The van der Waals surface area contributed by atoms with Crippen LogP contribution in [0.15, 0.2) is 178 Å². The van der Waals surface area contributed by atoms with E-state index in [2.05, 4.69) is 125 Å². The number of benzene rings is 7. The third-order valence-electron chi connectivity index (χ3n) is 11.3. The number of aromatic nitrogens is 2. The monoisotopic (exact) mass is 731 g/mol. The minimum atomic E-state index is -0.466. The normalized spacial score (nSPS) is 14.0. The molecule has 0 fully saturated rings. The van der Waals surface area contributed by atoms with Crippen LogP contribution in [-0.2, 0) is 0 Å². The highest BCUT2D eigenvalue weighted by molar-refractivity contribution is 6.24. The van der Waals surface area contributed by atoms with Crippen molar-refractivity contribution in [3.05, 3.63) is 186 Å². The second kappa shape index (κ2) is 12.0. The van der Waals surface area contributed by atoms with Crippen LogP contribution in [0.1, 0.15) is 28.4 Å². The van der Waals surface area contributed by atoms with Gasteiger partial charge in [-0.25, -0.2) is 4.98 Å². The molecule has 0 spiro atoms. The number of aliphatic imine (C=N–C) groups is 1. The fourth-order valence-electron chi connectivity index (χ4n) is 8.54. The lowest BCUT2D eigenvalue weighted by Gasteiger charge is -2.23. The SMILES string of the molecule is N#Cc1ccc(-c2ccc3c4c(oc3c2)NC(c2ccc(-n3c5ccccc5c5cc6ccccc6cc53)nc2)N=C4c2ccc3oc4ccccc4c3c2)cc1. The number of hydrogen-bond acceptors (Lipinski definition) is 6. The van der Waals surface area contributed by atoms with Crippen LogP contribution in [0.5, 0.6) is 0 Å². The highest BCUT2D eigenvalue weighted by atomic mass is 16.4. The molecule has 266 valence electrons. The number of fused-ring (bicyclic) bond motifs is 10. The fourth-order valence-corrected chi connectivity index (χ4v) is 8.54. The Labute approximate surface area is 325 Å². The molecule has 1 N–H and O–H groups in total. The molecule has 0 saturated carbocycles. The number of para-hydroxylation sites is 2. The summed E-state index contributed by atoms with van der Waals surface area (Å²) < 4.78 is 15.1. The van der Waals surface area contributed by atoms with Crippen molar-refractivity contribution in [2.24, 2.45) is 4.99 Å². The molecule has 57 heavy (non-hydrogen) atoms. The van der Waals surface area contributed by atoms with Crippen molar-refractivity contribution in [2.75, 3.05) is 5.32 Å². The molecule has 5 heterocycles. The molecule has 12 rings (SSSR count). The van der Waals surface area contributed by atoms with Gasteiger partial charge in [-0.05, 0) is 101 Å². The number of nitriles is 1. The largest absolute Gasteiger partial charge is 0.456 e. The van der Waals surface area contributed by atoms with Crippen molar-refractivity contribution in [3.63, 3.8) is 0 Å². The molecule has 0 saturated heterocycles. The number of nitrogens with zero attached hydrogens (tertiary/aromatic N) is 4. The Morgan fingerprint density at radius 3 is 2.16 bits per heavy atom. The van der Waals surface area contributed by atoms with E-state index in [1.807, 2.05) is 54.7 Å². The first kappa shape index (κ1) is 31.4. The summed E-state index contributed by atoms with van der Waals surface area (Å²) in [5.41, 5.74) is 10.9. The van der Waals surface area contributed by atoms with Crippen molar-refractivity contribution < 1.29 is 8.83 Å². The van der Waals surface area contributed by atoms with E-state index in [-0.39, 0.29) is 0 Å². The molecule has 0 radical (unpaired) electrons.